The summed E-state index contributed by atoms with van der Waals surface area (Å²) >= 11 is 1.64. The van der Waals surface area contributed by atoms with Crippen LogP contribution >= 0.6 is 11.3 Å². The van der Waals surface area contributed by atoms with Crippen molar-refractivity contribution in [2.45, 2.75) is 34.1 Å². The Morgan fingerprint density at radius 3 is 2.50 bits per heavy atom. The molecule has 2 aromatic rings. The fourth-order valence-electron chi connectivity index (χ4n) is 2.96. The summed E-state index contributed by atoms with van der Waals surface area (Å²) < 4.78 is 0. The van der Waals surface area contributed by atoms with Gasteiger partial charge in [0.1, 0.15) is 16.7 Å². The van der Waals surface area contributed by atoms with Gasteiger partial charge >= 0.3 is 0 Å². The highest BCUT2D eigenvalue weighted by molar-refractivity contribution is 7.17. The lowest BCUT2D eigenvalue weighted by atomic mass is 9.98. The van der Waals surface area contributed by atoms with E-state index in [1.165, 1.54) is 16.0 Å². The third-order valence-electron chi connectivity index (χ3n) is 4.43. The number of amidine groups is 2. The summed E-state index contributed by atoms with van der Waals surface area (Å²) in [4.78, 5) is 7.66. The molecule has 0 radical (unpaired) electrons. The van der Waals surface area contributed by atoms with E-state index in [0.717, 1.165) is 28.3 Å². The van der Waals surface area contributed by atoms with Gasteiger partial charge in [-0.1, -0.05) is 31.2 Å². The number of benzene rings is 1. The van der Waals surface area contributed by atoms with Gasteiger partial charge in [0, 0.05) is 16.0 Å². The zero-order valence-electron chi connectivity index (χ0n) is 14.5. The maximum Gasteiger partial charge on any atom is 0.129 e. The number of fused-ring (bicyclic) bond motifs is 1. The van der Waals surface area contributed by atoms with Crippen molar-refractivity contribution in [3.05, 3.63) is 51.4 Å². The van der Waals surface area contributed by atoms with Crippen molar-refractivity contribution in [2.75, 3.05) is 11.4 Å². The summed E-state index contributed by atoms with van der Waals surface area (Å²) in [5, 5.41) is 17.4. The maximum absolute atomic E-state index is 8.33. The van der Waals surface area contributed by atoms with Crippen LogP contribution in [0, 0.1) is 24.7 Å². The topological polar surface area (TPSA) is 63.3 Å². The van der Waals surface area contributed by atoms with Crippen molar-refractivity contribution in [1.29, 1.82) is 10.8 Å². The first-order chi connectivity index (χ1) is 11.4. The Bertz CT molecular complexity index is 843. The van der Waals surface area contributed by atoms with E-state index < -0.39 is 0 Å². The number of hydrogen-bond acceptors (Lipinski definition) is 4. The second-order valence-corrected chi connectivity index (χ2v) is 7.25. The monoisotopic (exact) mass is 338 g/mol. The molecule has 0 bridgehead atoms. The minimum absolute atomic E-state index is 0.293. The highest BCUT2D eigenvalue weighted by atomic mass is 32.1. The van der Waals surface area contributed by atoms with Crippen molar-refractivity contribution in [2.24, 2.45) is 4.99 Å². The second kappa shape index (κ2) is 6.32. The average molecular weight is 338 g/mol. The first-order valence-corrected chi connectivity index (χ1v) is 8.92. The number of nitrogens with one attached hydrogen (secondary N) is 2. The molecule has 24 heavy (non-hydrogen) atoms. The summed E-state index contributed by atoms with van der Waals surface area (Å²) in [6.45, 7) is 8.36. The number of thiophene rings is 1. The lowest BCUT2D eigenvalue weighted by molar-refractivity contribution is 1.14. The summed E-state index contributed by atoms with van der Waals surface area (Å²) in [6, 6.07) is 8.51. The Morgan fingerprint density at radius 2 is 1.92 bits per heavy atom. The van der Waals surface area contributed by atoms with Gasteiger partial charge in [0.25, 0.3) is 0 Å². The molecule has 2 N–H and O–H groups in total. The minimum Gasteiger partial charge on any atom is -0.288 e. The fraction of sp³-hybridized carbons (Fsp3) is 0.316. The van der Waals surface area contributed by atoms with E-state index in [2.05, 4.69) is 45.0 Å². The van der Waals surface area contributed by atoms with Gasteiger partial charge in [-0.3, -0.25) is 20.7 Å². The van der Waals surface area contributed by atoms with Gasteiger partial charge in [0.2, 0.25) is 0 Å². The van der Waals surface area contributed by atoms with Gasteiger partial charge in [-0.25, -0.2) is 0 Å². The predicted octanol–water partition coefficient (Wildman–Crippen LogP) is 4.56. The van der Waals surface area contributed by atoms with Crippen LogP contribution in [0.4, 0.5) is 5.00 Å². The van der Waals surface area contributed by atoms with Crippen molar-refractivity contribution >= 4 is 33.7 Å². The van der Waals surface area contributed by atoms with E-state index in [0.29, 0.717) is 18.2 Å². The lowest BCUT2D eigenvalue weighted by Gasteiger charge is -2.21. The molecule has 0 aliphatic carbocycles. The van der Waals surface area contributed by atoms with E-state index in [4.69, 9.17) is 15.8 Å². The third kappa shape index (κ3) is 2.69. The molecule has 0 saturated heterocycles. The van der Waals surface area contributed by atoms with Crippen LogP contribution in [0.3, 0.4) is 0 Å². The maximum atomic E-state index is 8.33. The first-order valence-electron chi connectivity index (χ1n) is 8.10. The van der Waals surface area contributed by atoms with Gasteiger partial charge in [0.15, 0.2) is 0 Å². The zero-order valence-corrected chi connectivity index (χ0v) is 15.3. The van der Waals surface area contributed by atoms with Crippen LogP contribution in [0.5, 0.6) is 0 Å². The number of aliphatic imine (C=N–C) groups is 1. The van der Waals surface area contributed by atoms with Gasteiger partial charge < -0.3 is 0 Å². The molecule has 124 valence electrons. The molecule has 1 aromatic carbocycles. The standard InChI is InChI=1S/C19H22N4S/c1-5-14-6-8-15(9-7-14)18-17-11(2)12(3)24-19(17)23(13(4)20)16(21)10-22-18/h6-9,20-21H,5,10H2,1-4H3. The van der Waals surface area contributed by atoms with Crippen LogP contribution in [0.1, 0.15) is 41.0 Å². The molecule has 0 atom stereocenters. The van der Waals surface area contributed by atoms with Gasteiger partial charge in [-0.15, -0.1) is 11.3 Å². The molecule has 0 amide bonds. The molecule has 1 aliphatic rings. The smallest absolute Gasteiger partial charge is 0.129 e. The molecule has 0 unspecified atom stereocenters. The highest BCUT2D eigenvalue weighted by Crippen LogP contribution is 2.38. The summed E-state index contributed by atoms with van der Waals surface area (Å²) in [6.07, 6.45) is 1.01. The molecule has 4 nitrogen and oxygen atoms in total. The molecule has 3 rings (SSSR count). The van der Waals surface area contributed by atoms with Crippen molar-refractivity contribution in [1.82, 2.24) is 0 Å². The number of nitrogens with zero attached hydrogens (tertiary/aromatic N) is 2. The van der Waals surface area contributed by atoms with E-state index in [-0.39, 0.29) is 0 Å². The Hall–Kier alpha value is -2.27. The molecule has 0 saturated carbocycles. The lowest BCUT2D eigenvalue weighted by Crippen LogP contribution is -2.35. The molecule has 5 heteroatoms. The molecular formula is C19H22N4S. The van der Waals surface area contributed by atoms with Gasteiger partial charge in [-0.05, 0) is 38.3 Å². The average Bonchev–Trinajstić information content (AvgIpc) is 2.75. The zero-order chi connectivity index (χ0) is 17.4. The number of rotatable bonds is 2. The Kier molecular flexibility index (Phi) is 4.37. The molecule has 1 aliphatic heterocycles. The Balaban J connectivity index is 2.21. The number of aryl methyl sites for hydroxylation is 2. The van der Waals surface area contributed by atoms with E-state index in [1.54, 1.807) is 23.2 Å². The van der Waals surface area contributed by atoms with Crippen molar-refractivity contribution in [3.63, 3.8) is 0 Å². The largest absolute Gasteiger partial charge is 0.288 e. The quantitative estimate of drug-likeness (QED) is 0.612. The van der Waals surface area contributed by atoms with Crippen LogP contribution in [0.25, 0.3) is 0 Å². The molecule has 1 aromatic heterocycles. The van der Waals surface area contributed by atoms with Crippen LogP contribution in [-0.4, -0.2) is 23.9 Å². The normalized spacial score (nSPS) is 14.2. The first kappa shape index (κ1) is 16.6. The van der Waals surface area contributed by atoms with Crippen molar-refractivity contribution in [3.8, 4) is 0 Å². The van der Waals surface area contributed by atoms with Crippen LogP contribution < -0.4 is 4.90 Å². The van der Waals surface area contributed by atoms with Gasteiger partial charge in [0.05, 0.1) is 12.3 Å². The van der Waals surface area contributed by atoms with Crippen LogP contribution in [0.15, 0.2) is 29.3 Å². The summed E-state index contributed by atoms with van der Waals surface area (Å²) in [5.74, 6) is 0.713. The molecule has 0 fully saturated rings. The van der Waals surface area contributed by atoms with Crippen molar-refractivity contribution < 1.29 is 0 Å². The highest BCUT2D eigenvalue weighted by Gasteiger charge is 2.28. The predicted molar refractivity (Wildman–Crippen MR) is 104 cm³/mol. The summed E-state index contributed by atoms with van der Waals surface area (Å²) in [5.41, 5.74) is 5.57. The summed E-state index contributed by atoms with van der Waals surface area (Å²) in [7, 11) is 0. The van der Waals surface area contributed by atoms with E-state index in [9.17, 15) is 0 Å². The SMILES string of the molecule is CCc1ccc(C2=NCC(=N)N(C(C)=N)c3sc(C)c(C)c32)cc1. The Morgan fingerprint density at radius 1 is 1.25 bits per heavy atom. The number of hydrogen-bond donors (Lipinski definition) is 2. The molecule has 0 spiro atoms. The van der Waals surface area contributed by atoms with Gasteiger partial charge in [-0.2, -0.15) is 0 Å². The van der Waals surface area contributed by atoms with E-state index >= 15 is 0 Å². The molecular weight excluding hydrogens is 316 g/mol. The third-order valence-corrected chi connectivity index (χ3v) is 5.63. The minimum atomic E-state index is 0.293. The van der Waals surface area contributed by atoms with Crippen LogP contribution in [0.2, 0.25) is 0 Å². The van der Waals surface area contributed by atoms with E-state index in [1.807, 2.05) is 0 Å². The Labute approximate surface area is 146 Å². The second-order valence-electron chi connectivity index (χ2n) is 6.05. The molecule has 2 heterocycles. The van der Waals surface area contributed by atoms with Crippen LogP contribution in [-0.2, 0) is 6.42 Å². The fourth-order valence-corrected chi connectivity index (χ4v) is 4.20. The number of anilines is 1.